The molecule has 0 atom stereocenters. The highest BCUT2D eigenvalue weighted by Gasteiger charge is 2.31. The second-order valence-electron chi connectivity index (χ2n) is 11.4. The number of aliphatic imine (C=N–C) groups is 1. The SMILES string of the molecule is C=C/C(=C(\N=C)C(C)C)C(C)C.CC.CC.CCc1cc(C(F)(F)F)ccc1C(C)C.CCc1ccc(C(F)(F)F)cc1C(C)C. The molecule has 46 heavy (non-hydrogen) atoms. The Morgan fingerprint density at radius 1 is 0.652 bits per heavy atom. The number of hydrogen-bond acceptors (Lipinski definition) is 1. The third-order valence-corrected chi connectivity index (χ3v) is 6.80. The molecule has 0 aromatic heterocycles. The van der Waals surface area contributed by atoms with Gasteiger partial charge in [-0.05, 0) is 95.3 Å². The van der Waals surface area contributed by atoms with Crippen molar-refractivity contribution in [1.29, 1.82) is 0 Å². The monoisotopic (exact) mass is 657 g/mol. The summed E-state index contributed by atoms with van der Waals surface area (Å²) in [5.74, 6) is 1.30. The highest BCUT2D eigenvalue weighted by molar-refractivity contribution is 5.37. The Kier molecular flexibility index (Phi) is 24.3. The van der Waals surface area contributed by atoms with Crippen LogP contribution < -0.4 is 0 Å². The first-order chi connectivity index (χ1) is 21.3. The van der Waals surface area contributed by atoms with E-state index in [0.717, 1.165) is 46.5 Å². The highest BCUT2D eigenvalue weighted by atomic mass is 19.4. The third kappa shape index (κ3) is 16.6. The van der Waals surface area contributed by atoms with Crippen molar-refractivity contribution in [2.24, 2.45) is 16.8 Å². The molecule has 0 bridgehead atoms. The topological polar surface area (TPSA) is 12.4 Å². The smallest absolute Gasteiger partial charge is 0.269 e. The van der Waals surface area contributed by atoms with Gasteiger partial charge in [0.05, 0.1) is 11.1 Å². The molecule has 0 amide bonds. The van der Waals surface area contributed by atoms with Gasteiger partial charge in [0.2, 0.25) is 0 Å². The normalized spacial score (nSPS) is 11.7. The Hall–Kier alpha value is -2.83. The predicted molar refractivity (Wildman–Crippen MR) is 189 cm³/mol. The molecule has 0 aliphatic heterocycles. The molecule has 2 aromatic rings. The van der Waals surface area contributed by atoms with Crippen molar-refractivity contribution >= 4 is 6.72 Å². The van der Waals surface area contributed by atoms with Crippen LogP contribution in [-0.4, -0.2) is 6.72 Å². The van der Waals surface area contributed by atoms with Crippen molar-refractivity contribution in [2.45, 2.75) is 134 Å². The molecule has 0 aliphatic rings. The number of alkyl halides is 6. The molecule has 0 radical (unpaired) electrons. The number of benzene rings is 2. The summed E-state index contributed by atoms with van der Waals surface area (Å²) in [6.45, 7) is 35.5. The van der Waals surface area contributed by atoms with Crippen molar-refractivity contribution in [3.05, 3.63) is 93.7 Å². The van der Waals surface area contributed by atoms with Crippen LogP contribution in [0.1, 0.15) is 142 Å². The molecule has 2 rings (SSSR count). The van der Waals surface area contributed by atoms with Crippen LogP contribution in [0.25, 0.3) is 0 Å². The van der Waals surface area contributed by atoms with E-state index in [1.165, 1.54) is 17.7 Å². The molecule has 264 valence electrons. The summed E-state index contributed by atoms with van der Waals surface area (Å²) in [6, 6.07) is 8.02. The van der Waals surface area contributed by atoms with Crippen LogP contribution in [-0.2, 0) is 25.2 Å². The molecule has 7 heteroatoms. The molecule has 1 nitrogen and oxygen atoms in total. The fourth-order valence-electron chi connectivity index (χ4n) is 4.53. The molecular formula is C39H61F6N. The van der Waals surface area contributed by atoms with E-state index >= 15 is 0 Å². The van der Waals surface area contributed by atoms with Crippen LogP contribution in [0.4, 0.5) is 26.3 Å². The van der Waals surface area contributed by atoms with E-state index in [-0.39, 0.29) is 11.8 Å². The van der Waals surface area contributed by atoms with Crippen molar-refractivity contribution in [1.82, 2.24) is 0 Å². The Bertz CT molecular complexity index is 1140. The first kappa shape index (κ1) is 47.6. The second kappa shape index (κ2) is 23.5. The third-order valence-electron chi connectivity index (χ3n) is 6.80. The fourth-order valence-corrected chi connectivity index (χ4v) is 4.53. The zero-order valence-corrected chi connectivity index (χ0v) is 30.9. The minimum atomic E-state index is -4.24. The van der Waals surface area contributed by atoms with Gasteiger partial charge in [0, 0.05) is 5.70 Å². The average molecular weight is 658 g/mol. The van der Waals surface area contributed by atoms with E-state index in [0.29, 0.717) is 18.3 Å². The van der Waals surface area contributed by atoms with Gasteiger partial charge in [-0.25, -0.2) is 0 Å². The largest absolute Gasteiger partial charge is 0.416 e. The minimum absolute atomic E-state index is 0.127. The van der Waals surface area contributed by atoms with E-state index in [9.17, 15) is 26.3 Å². The Morgan fingerprint density at radius 3 is 1.35 bits per heavy atom. The zero-order chi connectivity index (χ0) is 37.0. The zero-order valence-electron chi connectivity index (χ0n) is 30.9. The number of aryl methyl sites for hydroxylation is 2. The van der Waals surface area contributed by atoms with E-state index in [1.54, 1.807) is 12.1 Å². The molecule has 2 aromatic carbocycles. The van der Waals surface area contributed by atoms with Gasteiger partial charge < -0.3 is 0 Å². The first-order valence-corrected chi connectivity index (χ1v) is 16.5. The van der Waals surface area contributed by atoms with Gasteiger partial charge in [0.25, 0.3) is 0 Å². The number of allylic oxidation sites excluding steroid dienone is 3. The van der Waals surface area contributed by atoms with Gasteiger partial charge in [0.15, 0.2) is 0 Å². The van der Waals surface area contributed by atoms with Crippen molar-refractivity contribution < 1.29 is 26.3 Å². The van der Waals surface area contributed by atoms with Crippen LogP contribution in [0.2, 0.25) is 0 Å². The van der Waals surface area contributed by atoms with Gasteiger partial charge in [-0.3, -0.25) is 4.99 Å². The van der Waals surface area contributed by atoms with Gasteiger partial charge in [-0.15, -0.1) is 0 Å². The maximum atomic E-state index is 12.5. The summed E-state index contributed by atoms with van der Waals surface area (Å²) in [5.41, 5.74) is 4.77. The molecule has 0 aliphatic carbocycles. The summed E-state index contributed by atoms with van der Waals surface area (Å²) in [4.78, 5) is 4.04. The lowest BCUT2D eigenvalue weighted by Crippen LogP contribution is -2.07. The van der Waals surface area contributed by atoms with Crippen LogP contribution >= 0.6 is 0 Å². The van der Waals surface area contributed by atoms with Crippen molar-refractivity contribution in [3.8, 4) is 0 Å². The maximum absolute atomic E-state index is 12.5. The highest BCUT2D eigenvalue weighted by Crippen LogP contribution is 2.33. The van der Waals surface area contributed by atoms with Crippen LogP contribution in [0.15, 0.2) is 65.3 Å². The Balaban J connectivity index is -0.000000575. The number of halogens is 6. The maximum Gasteiger partial charge on any atom is 0.416 e. The van der Waals surface area contributed by atoms with E-state index in [4.69, 9.17) is 0 Å². The number of hydrogen-bond donors (Lipinski definition) is 0. The Labute approximate surface area is 277 Å². The molecule has 0 spiro atoms. The summed E-state index contributed by atoms with van der Waals surface area (Å²) >= 11 is 0. The van der Waals surface area contributed by atoms with Crippen LogP contribution in [0, 0.1) is 11.8 Å². The molecule has 0 fully saturated rings. The number of rotatable bonds is 8. The van der Waals surface area contributed by atoms with Crippen LogP contribution in [0.3, 0.4) is 0 Å². The van der Waals surface area contributed by atoms with Gasteiger partial charge in [-0.2, -0.15) is 26.3 Å². The number of nitrogens with zero attached hydrogens (tertiary/aromatic N) is 1. The van der Waals surface area contributed by atoms with Gasteiger partial charge >= 0.3 is 12.4 Å². The summed E-state index contributed by atoms with van der Waals surface area (Å²) in [5, 5.41) is 0. The molecule has 0 heterocycles. The summed E-state index contributed by atoms with van der Waals surface area (Å²) in [7, 11) is 0. The summed E-state index contributed by atoms with van der Waals surface area (Å²) < 4.78 is 74.7. The molecule has 0 unspecified atom stereocenters. The molecular weight excluding hydrogens is 596 g/mol. The fraction of sp³-hybridized carbons (Fsp3) is 0.564. The average Bonchev–Trinajstić information content (AvgIpc) is 3.00. The minimum Gasteiger partial charge on any atom is -0.269 e. The lowest BCUT2D eigenvalue weighted by Gasteiger charge is -2.15. The van der Waals surface area contributed by atoms with E-state index in [1.807, 2.05) is 75.3 Å². The lowest BCUT2D eigenvalue weighted by molar-refractivity contribution is -0.138. The summed E-state index contributed by atoms with van der Waals surface area (Å²) in [6.07, 6.45) is -5.19. The van der Waals surface area contributed by atoms with Crippen molar-refractivity contribution in [2.75, 3.05) is 0 Å². The van der Waals surface area contributed by atoms with Gasteiger partial charge in [-0.1, -0.05) is 122 Å². The second-order valence-corrected chi connectivity index (χ2v) is 11.4. The molecule has 0 saturated carbocycles. The quantitative estimate of drug-likeness (QED) is 0.152. The van der Waals surface area contributed by atoms with Crippen LogP contribution in [0.5, 0.6) is 0 Å². The molecule has 0 saturated heterocycles. The molecule has 0 N–H and O–H groups in total. The Morgan fingerprint density at radius 2 is 1.07 bits per heavy atom. The standard InChI is InChI=1S/2C12H15F3.C11H19N.2C2H6/c1-4-9-7-10(12(13,14)15)5-6-11(9)8(2)3;1-4-9-5-6-10(12(13,14)15)7-11(9)8(2)3;1-7-10(8(2)3)11(12-6)9(4)5;2*1-2/h2*5-8H,4H2,1-3H3;7-9H,1,6H2,2-5H3;2*1-2H3/b;;11-10+;;. The van der Waals surface area contributed by atoms with Crippen molar-refractivity contribution in [3.63, 3.8) is 0 Å². The van der Waals surface area contributed by atoms with E-state index < -0.39 is 23.5 Å². The van der Waals surface area contributed by atoms with E-state index in [2.05, 4.69) is 46.0 Å². The lowest BCUT2D eigenvalue weighted by atomic mass is 9.93. The predicted octanol–water partition coefficient (Wildman–Crippen LogP) is 14.3. The first-order valence-electron chi connectivity index (χ1n) is 16.5. The van der Waals surface area contributed by atoms with Gasteiger partial charge in [0.1, 0.15) is 0 Å².